The van der Waals surface area contributed by atoms with Crippen molar-refractivity contribution < 1.29 is 4.79 Å². The Labute approximate surface area is 92.0 Å². The number of halogens is 2. The smallest absolute Gasteiger partial charge is 0.184 e. The number of carbonyl (C=O) groups excluding carboxylic acids is 1. The van der Waals surface area contributed by atoms with Gasteiger partial charge in [0.25, 0.3) is 0 Å². The van der Waals surface area contributed by atoms with Crippen LogP contribution in [0, 0.1) is 0 Å². The molecule has 2 nitrogen and oxygen atoms in total. The fourth-order valence-electron chi connectivity index (χ4n) is 1.30. The molecule has 0 spiro atoms. The Hall–Kier alpha value is -0.570. The maximum absolute atomic E-state index is 11.8. The molecule has 1 fully saturated rings. The molecule has 0 unspecified atom stereocenters. The Morgan fingerprint density at radius 2 is 2.00 bits per heavy atom. The summed E-state index contributed by atoms with van der Waals surface area (Å²) in [4.78, 5) is 11.8. The molecule has 1 saturated carbocycles. The lowest BCUT2D eigenvalue weighted by Crippen LogP contribution is -2.32. The zero-order chi connectivity index (χ0) is 10.3. The highest BCUT2D eigenvalue weighted by molar-refractivity contribution is 6.36. The highest BCUT2D eigenvalue weighted by Gasteiger charge is 2.46. The average Bonchev–Trinajstić information content (AvgIpc) is 2.88. The third kappa shape index (κ3) is 1.65. The van der Waals surface area contributed by atoms with Crippen molar-refractivity contribution in [3.05, 3.63) is 33.8 Å². The van der Waals surface area contributed by atoms with E-state index in [1.807, 2.05) is 0 Å². The predicted octanol–water partition coefficient (Wildman–Crippen LogP) is 2.67. The lowest BCUT2D eigenvalue weighted by molar-refractivity contribution is 0.0949. The van der Waals surface area contributed by atoms with E-state index in [9.17, 15) is 4.79 Å². The molecule has 0 aromatic heterocycles. The summed E-state index contributed by atoms with van der Waals surface area (Å²) >= 11 is 11.7. The molecule has 1 aliphatic rings. The van der Waals surface area contributed by atoms with E-state index in [2.05, 4.69) is 0 Å². The van der Waals surface area contributed by atoms with Gasteiger partial charge in [0.2, 0.25) is 0 Å². The molecular formula is C10H9Cl2NO. The SMILES string of the molecule is NC1(C(=O)c2cc(Cl)ccc2Cl)CC1. The van der Waals surface area contributed by atoms with E-state index in [0.29, 0.717) is 15.6 Å². The summed E-state index contributed by atoms with van der Waals surface area (Å²) in [5.74, 6) is -0.106. The Morgan fingerprint density at radius 3 is 2.57 bits per heavy atom. The van der Waals surface area contributed by atoms with Crippen LogP contribution in [-0.2, 0) is 0 Å². The third-order valence-electron chi connectivity index (χ3n) is 2.41. The van der Waals surface area contributed by atoms with Crippen LogP contribution in [0.1, 0.15) is 23.2 Å². The normalized spacial score (nSPS) is 17.9. The maximum atomic E-state index is 11.8. The fourth-order valence-corrected chi connectivity index (χ4v) is 1.68. The first-order valence-corrected chi connectivity index (χ1v) is 5.07. The van der Waals surface area contributed by atoms with Crippen molar-refractivity contribution in [2.45, 2.75) is 18.4 Å². The second kappa shape index (κ2) is 3.23. The summed E-state index contributed by atoms with van der Waals surface area (Å²) in [5.41, 5.74) is 5.53. The topological polar surface area (TPSA) is 43.1 Å². The van der Waals surface area contributed by atoms with E-state index in [4.69, 9.17) is 28.9 Å². The number of nitrogens with two attached hydrogens (primary N) is 1. The van der Waals surface area contributed by atoms with Crippen LogP contribution >= 0.6 is 23.2 Å². The molecule has 74 valence electrons. The van der Waals surface area contributed by atoms with Gasteiger partial charge in [0.15, 0.2) is 5.78 Å². The van der Waals surface area contributed by atoms with Crippen molar-refractivity contribution in [1.82, 2.24) is 0 Å². The Kier molecular flexibility index (Phi) is 2.30. The van der Waals surface area contributed by atoms with Gasteiger partial charge < -0.3 is 5.73 Å². The molecule has 0 radical (unpaired) electrons. The van der Waals surface area contributed by atoms with E-state index in [1.54, 1.807) is 18.2 Å². The highest BCUT2D eigenvalue weighted by Crippen LogP contribution is 2.37. The van der Waals surface area contributed by atoms with E-state index in [0.717, 1.165) is 12.8 Å². The molecule has 0 aliphatic heterocycles. The number of carbonyl (C=O) groups is 1. The number of hydrogen-bond donors (Lipinski definition) is 1. The summed E-state index contributed by atoms with van der Waals surface area (Å²) in [6.07, 6.45) is 1.46. The standard InChI is InChI=1S/C10H9Cl2NO/c11-6-1-2-8(12)7(5-6)9(14)10(13)3-4-10/h1-2,5H,3-4,13H2. The number of ketones is 1. The first-order valence-electron chi connectivity index (χ1n) is 4.32. The minimum Gasteiger partial charge on any atom is -0.319 e. The number of Topliss-reactive ketones (excluding diaryl/α,β-unsaturated/α-hetero) is 1. The van der Waals surface area contributed by atoms with Gasteiger partial charge in [0.05, 0.1) is 10.6 Å². The minimum atomic E-state index is -0.686. The van der Waals surface area contributed by atoms with Crippen LogP contribution in [-0.4, -0.2) is 11.3 Å². The Balaban J connectivity index is 2.40. The van der Waals surface area contributed by atoms with Gasteiger partial charge in [0, 0.05) is 10.6 Å². The quantitative estimate of drug-likeness (QED) is 0.793. The van der Waals surface area contributed by atoms with E-state index >= 15 is 0 Å². The lowest BCUT2D eigenvalue weighted by atomic mass is 10.0. The van der Waals surface area contributed by atoms with Crippen LogP contribution in [0.25, 0.3) is 0 Å². The zero-order valence-corrected chi connectivity index (χ0v) is 8.90. The first-order chi connectivity index (χ1) is 6.53. The number of rotatable bonds is 2. The molecule has 4 heteroatoms. The van der Waals surface area contributed by atoms with E-state index < -0.39 is 5.54 Å². The van der Waals surface area contributed by atoms with Crippen LogP contribution in [0.2, 0.25) is 10.0 Å². The molecule has 0 amide bonds. The molecule has 2 N–H and O–H groups in total. The van der Waals surface area contributed by atoms with Crippen molar-refractivity contribution in [2.24, 2.45) is 5.73 Å². The molecule has 1 aromatic carbocycles. The van der Waals surface area contributed by atoms with Gasteiger partial charge in [-0.2, -0.15) is 0 Å². The van der Waals surface area contributed by atoms with Gasteiger partial charge >= 0.3 is 0 Å². The van der Waals surface area contributed by atoms with E-state index in [1.165, 1.54) is 0 Å². The van der Waals surface area contributed by atoms with Gasteiger partial charge in [-0.1, -0.05) is 23.2 Å². The summed E-state index contributed by atoms with van der Waals surface area (Å²) in [6, 6.07) is 4.83. The molecular weight excluding hydrogens is 221 g/mol. The predicted molar refractivity (Wildman–Crippen MR) is 56.9 cm³/mol. The van der Waals surface area contributed by atoms with Gasteiger partial charge in [-0.3, -0.25) is 4.79 Å². The number of hydrogen-bond acceptors (Lipinski definition) is 2. The van der Waals surface area contributed by atoms with Crippen LogP contribution in [0.5, 0.6) is 0 Å². The molecule has 1 aromatic rings. The van der Waals surface area contributed by atoms with Gasteiger partial charge in [-0.05, 0) is 31.0 Å². The Bertz CT molecular complexity index is 399. The molecule has 0 saturated heterocycles. The van der Waals surface area contributed by atoms with E-state index in [-0.39, 0.29) is 5.78 Å². The summed E-state index contributed by atoms with van der Waals surface area (Å²) in [7, 11) is 0. The molecule has 0 heterocycles. The van der Waals surface area contributed by atoms with Crippen molar-refractivity contribution >= 4 is 29.0 Å². The third-order valence-corrected chi connectivity index (χ3v) is 2.98. The Morgan fingerprint density at radius 1 is 1.36 bits per heavy atom. The second-order valence-electron chi connectivity index (χ2n) is 3.61. The van der Waals surface area contributed by atoms with Crippen molar-refractivity contribution in [3.63, 3.8) is 0 Å². The van der Waals surface area contributed by atoms with Gasteiger partial charge in [-0.25, -0.2) is 0 Å². The summed E-state index contributed by atoms with van der Waals surface area (Å²) < 4.78 is 0. The van der Waals surface area contributed by atoms with Crippen LogP contribution in [0.15, 0.2) is 18.2 Å². The molecule has 1 aliphatic carbocycles. The monoisotopic (exact) mass is 229 g/mol. The molecule has 2 rings (SSSR count). The molecule has 14 heavy (non-hydrogen) atoms. The summed E-state index contributed by atoms with van der Waals surface area (Å²) in [5, 5.41) is 0.915. The van der Waals surface area contributed by atoms with Crippen LogP contribution in [0.3, 0.4) is 0 Å². The zero-order valence-electron chi connectivity index (χ0n) is 7.39. The van der Waals surface area contributed by atoms with Crippen molar-refractivity contribution in [1.29, 1.82) is 0 Å². The number of benzene rings is 1. The molecule has 0 bridgehead atoms. The second-order valence-corrected chi connectivity index (χ2v) is 4.45. The van der Waals surface area contributed by atoms with Crippen molar-refractivity contribution in [3.8, 4) is 0 Å². The fraction of sp³-hybridized carbons (Fsp3) is 0.300. The molecule has 0 atom stereocenters. The summed E-state index contributed by atoms with van der Waals surface area (Å²) in [6.45, 7) is 0. The minimum absolute atomic E-state index is 0.106. The van der Waals surface area contributed by atoms with Gasteiger partial charge in [0.1, 0.15) is 0 Å². The largest absolute Gasteiger partial charge is 0.319 e. The maximum Gasteiger partial charge on any atom is 0.184 e. The van der Waals surface area contributed by atoms with Crippen LogP contribution in [0.4, 0.5) is 0 Å². The van der Waals surface area contributed by atoms with Crippen LogP contribution < -0.4 is 5.73 Å². The van der Waals surface area contributed by atoms with Gasteiger partial charge in [-0.15, -0.1) is 0 Å². The van der Waals surface area contributed by atoms with Crippen molar-refractivity contribution in [2.75, 3.05) is 0 Å². The first kappa shape index (κ1) is 9.97. The average molecular weight is 230 g/mol. The highest BCUT2D eigenvalue weighted by atomic mass is 35.5. The lowest BCUT2D eigenvalue weighted by Gasteiger charge is -2.09.